The van der Waals surface area contributed by atoms with E-state index in [9.17, 15) is 18.4 Å². The molecule has 86 valence electrons. The van der Waals surface area contributed by atoms with Crippen LogP contribution in [0.2, 0.25) is 0 Å². The zero-order valence-corrected chi connectivity index (χ0v) is 8.33. The number of nitrogens with one attached hydrogen (secondary N) is 1. The molecule has 0 saturated heterocycles. The molecule has 1 atom stereocenters. The van der Waals surface area contributed by atoms with Crippen LogP contribution in [0.25, 0.3) is 0 Å². The Balaban J connectivity index is 2.85. The summed E-state index contributed by atoms with van der Waals surface area (Å²) in [6, 6.07) is 3.25. The van der Waals surface area contributed by atoms with Crippen LogP contribution in [0.15, 0.2) is 18.2 Å². The molecule has 1 unspecified atom stereocenters. The van der Waals surface area contributed by atoms with E-state index in [0.717, 1.165) is 19.1 Å². The van der Waals surface area contributed by atoms with Crippen LogP contribution < -0.4 is 5.32 Å². The molecular formula is C10H9F2NO3. The summed E-state index contributed by atoms with van der Waals surface area (Å²) in [6.45, 7) is 1.15. The van der Waals surface area contributed by atoms with Gasteiger partial charge in [0.15, 0.2) is 11.6 Å². The van der Waals surface area contributed by atoms with E-state index in [1.165, 1.54) is 6.07 Å². The van der Waals surface area contributed by atoms with Crippen molar-refractivity contribution in [3.63, 3.8) is 0 Å². The standard InChI is InChI=1S/C10H9F2NO3/c1-5(10(15)16)9(14)13-7-4-2-3-6(11)8(7)12/h2-5H,1H3,(H,13,14)(H,15,16). The quantitative estimate of drug-likeness (QED) is 0.774. The number of hydrogen-bond acceptors (Lipinski definition) is 2. The Morgan fingerprint density at radius 3 is 2.56 bits per heavy atom. The highest BCUT2D eigenvalue weighted by atomic mass is 19.2. The molecule has 0 spiro atoms. The third kappa shape index (κ3) is 2.53. The molecule has 0 bridgehead atoms. The molecule has 0 aromatic heterocycles. The van der Waals surface area contributed by atoms with Crippen LogP contribution in [-0.2, 0) is 9.59 Å². The van der Waals surface area contributed by atoms with Gasteiger partial charge in [0.05, 0.1) is 5.69 Å². The second kappa shape index (κ2) is 4.69. The summed E-state index contributed by atoms with van der Waals surface area (Å²) in [4.78, 5) is 21.7. The molecule has 6 heteroatoms. The number of rotatable bonds is 3. The fourth-order valence-corrected chi connectivity index (χ4v) is 0.953. The molecule has 1 aromatic rings. The predicted octanol–water partition coefficient (Wildman–Crippen LogP) is 1.62. The SMILES string of the molecule is CC(C(=O)O)C(=O)Nc1cccc(F)c1F. The number of anilines is 1. The number of carbonyl (C=O) groups is 2. The first kappa shape index (κ1) is 12.1. The van der Waals surface area contributed by atoms with Crippen LogP contribution in [0.1, 0.15) is 6.92 Å². The van der Waals surface area contributed by atoms with Crippen LogP contribution >= 0.6 is 0 Å². The lowest BCUT2D eigenvalue weighted by Crippen LogP contribution is -2.27. The summed E-state index contributed by atoms with van der Waals surface area (Å²) in [5, 5.41) is 10.5. The molecular weight excluding hydrogens is 220 g/mol. The van der Waals surface area contributed by atoms with Gasteiger partial charge in [-0.05, 0) is 19.1 Å². The molecule has 1 rings (SSSR count). The van der Waals surface area contributed by atoms with Crippen molar-refractivity contribution in [3.8, 4) is 0 Å². The van der Waals surface area contributed by atoms with E-state index >= 15 is 0 Å². The van der Waals surface area contributed by atoms with Gasteiger partial charge in [-0.1, -0.05) is 6.07 Å². The average Bonchev–Trinajstić information content (AvgIpc) is 2.23. The number of hydrogen-bond donors (Lipinski definition) is 2. The number of carboxylic acid groups (broad SMARTS) is 1. The van der Waals surface area contributed by atoms with Crippen LogP contribution in [0, 0.1) is 17.6 Å². The van der Waals surface area contributed by atoms with Crippen molar-refractivity contribution < 1.29 is 23.5 Å². The molecule has 0 aliphatic rings. The first-order chi connectivity index (χ1) is 7.43. The Hall–Kier alpha value is -1.98. The van der Waals surface area contributed by atoms with Crippen molar-refractivity contribution in [2.75, 3.05) is 5.32 Å². The second-order valence-electron chi connectivity index (χ2n) is 3.15. The van der Waals surface area contributed by atoms with Gasteiger partial charge >= 0.3 is 5.97 Å². The molecule has 0 aliphatic carbocycles. The third-order valence-electron chi connectivity index (χ3n) is 1.97. The van der Waals surface area contributed by atoms with Gasteiger partial charge in [0.25, 0.3) is 0 Å². The summed E-state index contributed by atoms with van der Waals surface area (Å²) in [7, 11) is 0. The number of amides is 1. The van der Waals surface area contributed by atoms with E-state index in [4.69, 9.17) is 5.11 Å². The topological polar surface area (TPSA) is 66.4 Å². The van der Waals surface area contributed by atoms with Gasteiger partial charge in [0.1, 0.15) is 5.92 Å². The minimum atomic E-state index is -1.34. The van der Waals surface area contributed by atoms with Crippen LogP contribution in [0.4, 0.5) is 14.5 Å². The summed E-state index contributed by atoms with van der Waals surface area (Å²) in [6.07, 6.45) is 0. The maximum absolute atomic E-state index is 13.1. The molecule has 2 N–H and O–H groups in total. The molecule has 1 amide bonds. The molecule has 0 saturated carbocycles. The Bertz CT molecular complexity index is 434. The van der Waals surface area contributed by atoms with E-state index < -0.39 is 29.4 Å². The smallest absolute Gasteiger partial charge is 0.315 e. The highest BCUT2D eigenvalue weighted by Crippen LogP contribution is 2.17. The maximum atomic E-state index is 13.1. The Labute approximate surface area is 89.9 Å². The van der Waals surface area contributed by atoms with E-state index in [1.807, 2.05) is 5.32 Å². The van der Waals surface area contributed by atoms with Gasteiger partial charge < -0.3 is 10.4 Å². The zero-order valence-electron chi connectivity index (χ0n) is 8.33. The number of carboxylic acids is 1. The number of aliphatic carboxylic acids is 1. The highest BCUT2D eigenvalue weighted by molar-refractivity contribution is 6.03. The second-order valence-corrected chi connectivity index (χ2v) is 3.15. The highest BCUT2D eigenvalue weighted by Gasteiger charge is 2.21. The molecule has 4 nitrogen and oxygen atoms in total. The van der Waals surface area contributed by atoms with Gasteiger partial charge in [-0.2, -0.15) is 0 Å². The van der Waals surface area contributed by atoms with Gasteiger partial charge in [0, 0.05) is 0 Å². The summed E-state index contributed by atoms with van der Waals surface area (Å²) < 4.78 is 25.8. The monoisotopic (exact) mass is 229 g/mol. The maximum Gasteiger partial charge on any atom is 0.315 e. The zero-order chi connectivity index (χ0) is 12.3. The minimum absolute atomic E-state index is 0.377. The van der Waals surface area contributed by atoms with Crippen molar-refractivity contribution in [3.05, 3.63) is 29.8 Å². The lowest BCUT2D eigenvalue weighted by molar-refractivity contribution is -0.144. The Kier molecular flexibility index (Phi) is 3.55. The molecule has 0 heterocycles. The van der Waals surface area contributed by atoms with E-state index in [0.29, 0.717) is 0 Å². The van der Waals surface area contributed by atoms with Gasteiger partial charge in [-0.15, -0.1) is 0 Å². The normalized spacial score (nSPS) is 11.9. The van der Waals surface area contributed by atoms with Gasteiger partial charge in [-0.25, -0.2) is 8.78 Å². The third-order valence-corrected chi connectivity index (χ3v) is 1.97. The van der Waals surface area contributed by atoms with Crippen molar-refractivity contribution in [1.29, 1.82) is 0 Å². The minimum Gasteiger partial charge on any atom is -0.481 e. The molecule has 1 aromatic carbocycles. The number of halogens is 2. The fourth-order valence-electron chi connectivity index (χ4n) is 0.953. The average molecular weight is 229 g/mol. The van der Waals surface area contributed by atoms with Gasteiger partial charge in [0.2, 0.25) is 5.91 Å². The summed E-state index contributed by atoms with van der Waals surface area (Å²) in [5.74, 6) is -5.90. The van der Waals surface area contributed by atoms with E-state index in [1.54, 1.807) is 0 Å². The first-order valence-electron chi connectivity index (χ1n) is 4.41. The molecule has 0 fully saturated rings. The van der Waals surface area contributed by atoms with Crippen molar-refractivity contribution in [1.82, 2.24) is 0 Å². The largest absolute Gasteiger partial charge is 0.481 e. The predicted molar refractivity (Wildman–Crippen MR) is 51.8 cm³/mol. The summed E-state index contributed by atoms with van der Waals surface area (Å²) >= 11 is 0. The number of carbonyl (C=O) groups excluding carboxylic acids is 1. The van der Waals surface area contributed by atoms with Crippen molar-refractivity contribution in [2.24, 2.45) is 5.92 Å². The van der Waals surface area contributed by atoms with Crippen molar-refractivity contribution >= 4 is 17.6 Å². The lowest BCUT2D eigenvalue weighted by Gasteiger charge is -2.09. The van der Waals surface area contributed by atoms with E-state index in [-0.39, 0.29) is 5.69 Å². The first-order valence-corrected chi connectivity index (χ1v) is 4.41. The van der Waals surface area contributed by atoms with Crippen molar-refractivity contribution in [2.45, 2.75) is 6.92 Å². The van der Waals surface area contributed by atoms with Crippen LogP contribution in [0.3, 0.4) is 0 Å². The van der Waals surface area contributed by atoms with Gasteiger partial charge in [-0.3, -0.25) is 9.59 Å². The molecule has 0 radical (unpaired) electrons. The lowest BCUT2D eigenvalue weighted by atomic mass is 10.1. The molecule has 16 heavy (non-hydrogen) atoms. The van der Waals surface area contributed by atoms with E-state index in [2.05, 4.69) is 0 Å². The Morgan fingerprint density at radius 2 is 2.00 bits per heavy atom. The van der Waals surface area contributed by atoms with Crippen LogP contribution in [0.5, 0.6) is 0 Å². The Morgan fingerprint density at radius 1 is 1.38 bits per heavy atom. The molecule has 0 aliphatic heterocycles. The fraction of sp³-hybridized carbons (Fsp3) is 0.200. The number of benzene rings is 1. The summed E-state index contributed by atoms with van der Waals surface area (Å²) in [5.41, 5.74) is -0.377. The van der Waals surface area contributed by atoms with Crippen LogP contribution in [-0.4, -0.2) is 17.0 Å².